The molecule has 0 aliphatic rings. The molecule has 0 saturated heterocycles. The van der Waals surface area contributed by atoms with Crippen molar-refractivity contribution in [2.24, 2.45) is 0 Å². The van der Waals surface area contributed by atoms with Crippen LogP contribution in [0.4, 0.5) is 5.69 Å². The summed E-state index contributed by atoms with van der Waals surface area (Å²) >= 11 is 8.77. The SMILES string of the molecule is Cc1ccc(OC[C@H](C)NC(=S)Nc2cccc(Br)c2)cc1C. The zero-order valence-corrected chi connectivity index (χ0v) is 15.9. The van der Waals surface area contributed by atoms with E-state index in [4.69, 9.17) is 17.0 Å². The highest BCUT2D eigenvalue weighted by atomic mass is 79.9. The van der Waals surface area contributed by atoms with Gasteiger partial charge in [0.2, 0.25) is 0 Å². The highest BCUT2D eigenvalue weighted by Gasteiger charge is 2.06. The number of ether oxygens (including phenoxy) is 1. The molecule has 0 aliphatic heterocycles. The summed E-state index contributed by atoms with van der Waals surface area (Å²) < 4.78 is 6.83. The molecule has 0 spiro atoms. The Hall–Kier alpha value is -1.59. The van der Waals surface area contributed by atoms with Crippen molar-refractivity contribution in [1.29, 1.82) is 0 Å². The van der Waals surface area contributed by atoms with Crippen LogP contribution in [-0.4, -0.2) is 17.8 Å². The molecule has 0 aromatic heterocycles. The minimum absolute atomic E-state index is 0.101. The number of thiocarbonyl (C=S) groups is 1. The summed E-state index contributed by atoms with van der Waals surface area (Å²) in [7, 11) is 0. The van der Waals surface area contributed by atoms with Crippen molar-refractivity contribution in [3.05, 3.63) is 58.1 Å². The molecule has 0 saturated carbocycles. The van der Waals surface area contributed by atoms with E-state index < -0.39 is 0 Å². The number of hydrogen-bond acceptors (Lipinski definition) is 2. The van der Waals surface area contributed by atoms with Crippen LogP contribution in [0.2, 0.25) is 0 Å². The zero-order valence-electron chi connectivity index (χ0n) is 13.5. The van der Waals surface area contributed by atoms with Crippen LogP contribution in [0.25, 0.3) is 0 Å². The summed E-state index contributed by atoms with van der Waals surface area (Å²) in [6.45, 7) is 6.76. The van der Waals surface area contributed by atoms with Gasteiger partial charge in [-0.3, -0.25) is 0 Å². The third kappa shape index (κ3) is 5.84. The van der Waals surface area contributed by atoms with Gasteiger partial charge in [0.15, 0.2) is 5.11 Å². The zero-order chi connectivity index (χ0) is 16.8. The van der Waals surface area contributed by atoms with Crippen molar-refractivity contribution in [2.75, 3.05) is 11.9 Å². The van der Waals surface area contributed by atoms with Crippen LogP contribution in [0, 0.1) is 13.8 Å². The van der Waals surface area contributed by atoms with E-state index in [1.807, 2.05) is 37.3 Å². The first kappa shape index (κ1) is 17.8. The monoisotopic (exact) mass is 392 g/mol. The molecule has 3 nitrogen and oxygen atoms in total. The number of nitrogens with one attached hydrogen (secondary N) is 2. The first-order valence-electron chi connectivity index (χ1n) is 7.47. The Labute approximate surface area is 151 Å². The summed E-state index contributed by atoms with van der Waals surface area (Å²) in [5, 5.41) is 6.97. The Morgan fingerprint density at radius 1 is 1.17 bits per heavy atom. The van der Waals surface area contributed by atoms with Gasteiger partial charge < -0.3 is 15.4 Å². The molecule has 0 amide bonds. The third-order valence-electron chi connectivity index (χ3n) is 3.44. The Kier molecular flexibility index (Phi) is 6.42. The topological polar surface area (TPSA) is 33.3 Å². The maximum absolute atomic E-state index is 5.82. The van der Waals surface area contributed by atoms with Crippen LogP contribution in [0.3, 0.4) is 0 Å². The predicted molar refractivity (Wildman–Crippen MR) is 104 cm³/mol. The average molecular weight is 393 g/mol. The number of rotatable bonds is 5. The molecule has 2 aromatic carbocycles. The normalized spacial score (nSPS) is 11.7. The lowest BCUT2D eigenvalue weighted by Crippen LogP contribution is -2.39. The van der Waals surface area contributed by atoms with Crippen LogP contribution in [0.1, 0.15) is 18.1 Å². The van der Waals surface area contributed by atoms with Gasteiger partial charge in [-0.2, -0.15) is 0 Å². The molecule has 0 unspecified atom stereocenters. The maximum Gasteiger partial charge on any atom is 0.171 e. The average Bonchev–Trinajstić information content (AvgIpc) is 2.48. The molecular weight excluding hydrogens is 372 g/mol. The van der Waals surface area contributed by atoms with Gasteiger partial charge in [0.1, 0.15) is 12.4 Å². The fraction of sp³-hybridized carbons (Fsp3) is 0.278. The van der Waals surface area contributed by atoms with Gasteiger partial charge in [0.05, 0.1) is 6.04 Å². The Balaban J connectivity index is 1.80. The van der Waals surface area contributed by atoms with Crippen LogP contribution in [0.15, 0.2) is 46.9 Å². The van der Waals surface area contributed by atoms with E-state index in [-0.39, 0.29) is 6.04 Å². The highest BCUT2D eigenvalue weighted by Crippen LogP contribution is 2.17. The van der Waals surface area contributed by atoms with Gasteiger partial charge in [0, 0.05) is 10.2 Å². The molecule has 1 atom stereocenters. The number of aryl methyl sites for hydroxylation is 2. The summed E-state index contributed by atoms with van der Waals surface area (Å²) in [4.78, 5) is 0. The highest BCUT2D eigenvalue weighted by molar-refractivity contribution is 9.10. The molecule has 2 rings (SSSR count). The molecule has 23 heavy (non-hydrogen) atoms. The number of anilines is 1. The van der Waals surface area contributed by atoms with E-state index in [9.17, 15) is 0 Å². The van der Waals surface area contributed by atoms with Crippen molar-refractivity contribution in [2.45, 2.75) is 26.8 Å². The molecule has 0 bridgehead atoms. The Morgan fingerprint density at radius 3 is 2.65 bits per heavy atom. The molecule has 0 heterocycles. The molecule has 5 heteroatoms. The third-order valence-corrected chi connectivity index (χ3v) is 4.15. The van der Waals surface area contributed by atoms with E-state index in [2.05, 4.69) is 52.5 Å². The summed E-state index contributed by atoms with van der Waals surface area (Å²) in [5.41, 5.74) is 3.44. The molecule has 122 valence electrons. The lowest BCUT2D eigenvalue weighted by Gasteiger charge is -2.18. The Bertz CT molecular complexity index is 690. The molecule has 2 N–H and O–H groups in total. The minimum atomic E-state index is 0.101. The summed E-state index contributed by atoms with van der Waals surface area (Å²) in [6.07, 6.45) is 0. The lowest BCUT2D eigenvalue weighted by atomic mass is 10.1. The molecule has 2 aromatic rings. The minimum Gasteiger partial charge on any atom is -0.491 e. The second-order valence-corrected chi connectivity index (χ2v) is 6.89. The van der Waals surface area contributed by atoms with Crippen molar-refractivity contribution >= 4 is 38.9 Å². The second-order valence-electron chi connectivity index (χ2n) is 5.57. The van der Waals surface area contributed by atoms with Crippen LogP contribution < -0.4 is 15.4 Å². The van der Waals surface area contributed by atoms with Gasteiger partial charge in [-0.25, -0.2) is 0 Å². The van der Waals surface area contributed by atoms with E-state index in [0.717, 1.165) is 15.9 Å². The fourth-order valence-electron chi connectivity index (χ4n) is 2.02. The number of halogens is 1. The lowest BCUT2D eigenvalue weighted by molar-refractivity contribution is 0.287. The largest absolute Gasteiger partial charge is 0.491 e. The van der Waals surface area contributed by atoms with Crippen molar-refractivity contribution in [1.82, 2.24) is 5.32 Å². The molecule has 0 aliphatic carbocycles. The van der Waals surface area contributed by atoms with Gasteiger partial charge in [0.25, 0.3) is 0 Å². The van der Waals surface area contributed by atoms with E-state index in [1.165, 1.54) is 11.1 Å². The summed E-state index contributed by atoms with van der Waals surface area (Å²) in [5.74, 6) is 0.882. The van der Waals surface area contributed by atoms with Crippen molar-refractivity contribution in [3.63, 3.8) is 0 Å². The van der Waals surface area contributed by atoms with E-state index in [0.29, 0.717) is 11.7 Å². The predicted octanol–water partition coefficient (Wildman–Crippen LogP) is 4.82. The van der Waals surface area contributed by atoms with E-state index in [1.54, 1.807) is 0 Å². The fourth-order valence-corrected chi connectivity index (χ4v) is 2.74. The van der Waals surface area contributed by atoms with E-state index >= 15 is 0 Å². The van der Waals surface area contributed by atoms with Crippen LogP contribution >= 0.6 is 28.1 Å². The van der Waals surface area contributed by atoms with Gasteiger partial charge in [-0.05, 0) is 74.4 Å². The number of hydrogen-bond donors (Lipinski definition) is 2. The van der Waals surface area contributed by atoms with Crippen LogP contribution in [-0.2, 0) is 0 Å². The van der Waals surface area contributed by atoms with Gasteiger partial charge in [-0.15, -0.1) is 0 Å². The second kappa shape index (κ2) is 8.31. The van der Waals surface area contributed by atoms with Gasteiger partial charge in [-0.1, -0.05) is 28.1 Å². The smallest absolute Gasteiger partial charge is 0.171 e. The molecule has 0 radical (unpaired) electrons. The van der Waals surface area contributed by atoms with Crippen molar-refractivity contribution < 1.29 is 4.74 Å². The first-order valence-corrected chi connectivity index (χ1v) is 8.67. The quantitative estimate of drug-likeness (QED) is 0.714. The standard InChI is InChI=1S/C18H21BrN2OS/c1-12-7-8-17(9-13(12)2)22-11-14(3)20-18(23)21-16-6-4-5-15(19)10-16/h4-10,14H,11H2,1-3H3,(H2,20,21,23)/t14-/m0/s1. The Morgan fingerprint density at radius 2 is 1.96 bits per heavy atom. The number of benzene rings is 2. The van der Waals surface area contributed by atoms with Crippen LogP contribution in [0.5, 0.6) is 5.75 Å². The molecule has 0 fully saturated rings. The summed E-state index contributed by atoms with van der Waals surface area (Å²) in [6, 6.07) is 14.1. The van der Waals surface area contributed by atoms with Gasteiger partial charge >= 0.3 is 0 Å². The first-order chi connectivity index (χ1) is 10.9. The van der Waals surface area contributed by atoms with Crippen molar-refractivity contribution in [3.8, 4) is 5.75 Å². The maximum atomic E-state index is 5.82. The molecular formula is C18H21BrN2OS.